The van der Waals surface area contributed by atoms with Crippen LogP contribution in [0.3, 0.4) is 0 Å². The molecule has 6 nitrogen and oxygen atoms in total. The van der Waals surface area contributed by atoms with Crippen LogP contribution < -0.4 is 5.32 Å². The number of amides is 1. The van der Waals surface area contributed by atoms with Crippen LogP contribution in [-0.4, -0.2) is 35.6 Å². The van der Waals surface area contributed by atoms with Crippen molar-refractivity contribution < 1.29 is 24.2 Å². The Morgan fingerprint density at radius 1 is 1.29 bits per heavy atom. The smallest absolute Gasteiger partial charge is 0.408 e. The molecular weight excluding hydrogens is 274 g/mol. The third-order valence-electron chi connectivity index (χ3n) is 3.10. The molecule has 0 rings (SSSR count). The van der Waals surface area contributed by atoms with Gasteiger partial charge in [-0.15, -0.1) is 0 Å². The van der Waals surface area contributed by atoms with E-state index in [0.717, 1.165) is 0 Å². The molecule has 0 saturated carbocycles. The molecule has 21 heavy (non-hydrogen) atoms. The Bertz CT molecular complexity index is 378. The number of nitrogens with one attached hydrogen (secondary N) is 1. The first kappa shape index (κ1) is 19.1. The van der Waals surface area contributed by atoms with Crippen LogP contribution in [0.4, 0.5) is 4.79 Å². The molecule has 0 heterocycles. The van der Waals surface area contributed by atoms with Gasteiger partial charge in [0.1, 0.15) is 6.61 Å². The summed E-state index contributed by atoms with van der Waals surface area (Å²) in [5.74, 6) is -1.52. The highest BCUT2D eigenvalue weighted by atomic mass is 16.5. The molecule has 2 atom stereocenters. The number of hydrogen-bond donors (Lipinski definition) is 2. The summed E-state index contributed by atoms with van der Waals surface area (Å²) in [5, 5.41) is 11.3. The van der Waals surface area contributed by atoms with E-state index in [2.05, 4.69) is 11.9 Å². The lowest BCUT2D eigenvalue weighted by atomic mass is 9.95. The zero-order valence-electron chi connectivity index (χ0n) is 12.9. The van der Waals surface area contributed by atoms with Crippen molar-refractivity contribution in [2.75, 3.05) is 6.61 Å². The van der Waals surface area contributed by atoms with Gasteiger partial charge in [0, 0.05) is 6.42 Å². The van der Waals surface area contributed by atoms with Gasteiger partial charge in [-0.25, -0.2) is 4.79 Å². The van der Waals surface area contributed by atoms with Crippen molar-refractivity contribution in [3.8, 4) is 0 Å². The van der Waals surface area contributed by atoms with E-state index in [4.69, 9.17) is 9.84 Å². The highest BCUT2D eigenvalue weighted by Gasteiger charge is 2.24. The van der Waals surface area contributed by atoms with Gasteiger partial charge in [0.15, 0.2) is 5.78 Å². The van der Waals surface area contributed by atoms with Crippen molar-refractivity contribution in [1.29, 1.82) is 0 Å². The summed E-state index contributed by atoms with van der Waals surface area (Å²) in [7, 11) is 0. The maximum Gasteiger partial charge on any atom is 0.408 e. The van der Waals surface area contributed by atoms with Crippen molar-refractivity contribution in [3.05, 3.63) is 12.7 Å². The molecule has 0 aromatic carbocycles. The Labute approximate surface area is 125 Å². The van der Waals surface area contributed by atoms with E-state index >= 15 is 0 Å². The second-order valence-corrected chi connectivity index (χ2v) is 5.35. The van der Waals surface area contributed by atoms with Crippen molar-refractivity contribution in [3.63, 3.8) is 0 Å². The number of ether oxygens (including phenoxy) is 1. The maximum absolute atomic E-state index is 12.1. The second-order valence-electron chi connectivity index (χ2n) is 5.35. The number of ketones is 1. The molecule has 0 aliphatic carbocycles. The fourth-order valence-electron chi connectivity index (χ4n) is 1.78. The summed E-state index contributed by atoms with van der Waals surface area (Å²) in [6.07, 6.45) is 1.95. The van der Waals surface area contributed by atoms with Gasteiger partial charge in [-0.05, 0) is 18.8 Å². The standard InChI is InChI=1S/C15H25NO5/c1-5-9-21-15(20)16-13(10(2)3)12(17)8-6-7-11(4)14(18)19/h5,10-11,13H,1,6-9H2,2-4H3,(H,16,20)(H,18,19)/t11-,13+/m1/s1. The van der Waals surface area contributed by atoms with Gasteiger partial charge in [-0.2, -0.15) is 0 Å². The van der Waals surface area contributed by atoms with Crippen LogP contribution in [0.1, 0.15) is 40.0 Å². The molecule has 1 amide bonds. The van der Waals surface area contributed by atoms with Gasteiger partial charge in [-0.1, -0.05) is 33.4 Å². The largest absolute Gasteiger partial charge is 0.481 e. The van der Waals surface area contributed by atoms with Crippen LogP contribution in [0.2, 0.25) is 0 Å². The number of Topliss-reactive ketones (excluding diaryl/α,β-unsaturated/α-hetero) is 1. The molecule has 0 bridgehead atoms. The van der Waals surface area contributed by atoms with E-state index in [1.54, 1.807) is 6.92 Å². The Morgan fingerprint density at radius 2 is 1.90 bits per heavy atom. The van der Waals surface area contributed by atoms with Gasteiger partial charge >= 0.3 is 12.1 Å². The molecular formula is C15H25NO5. The third kappa shape index (κ3) is 8.12. The van der Waals surface area contributed by atoms with Crippen LogP contribution in [0, 0.1) is 11.8 Å². The summed E-state index contributed by atoms with van der Waals surface area (Å²) in [6, 6.07) is -0.623. The molecule has 0 radical (unpaired) electrons. The normalized spacial score (nSPS) is 13.3. The van der Waals surface area contributed by atoms with Crippen LogP contribution in [-0.2, 0) is 14.3 Å². The fraction of sp³-hybridized carbons (Fsp3) is 0.667. The number of carboxylic acid groups (broad SMARTS) is 1. The first-order valence-corrected chi connectivity index (χ1v) is 7.09. The van der Waals surface area contributed by atoms with Crippen LogP contribution in [0.25, 0.3) is 0 Å². The Hall–Kier alpha value is -1.85. The molecule has 0 fully saturated rings. The van der Waals surface area contributed by atoms with Crippen molar-refractivity contribution >= 4 is 17.8 Å². The lowest BCUT2D eigenvalue weighted by molar-refractivity contribution is -0.141. The van der Waals surface area contributed by atoms with Gasteiger partial charge in [-0.3, -0.25) is 9.59 Å². The highest BCUT2D eigenvalue weighted by molar-refractivity contribution is 5.87. The predicted octanol–water partition coefficient (Wildman–Crippen LogP) is 2.38. The van der Waals surface area contributed by atoms with E-state index in [1.807, 2.05) is 13.8 Å². The van der Waals surface area contributed by atoms with Gasteiger partial charge in [0.2, 0.25) is 0 Å². The summed E-state index contributed by atoms with van der Waals surface area (Å²) in [4.78, 5) is 34.3. The number of hydrogen-bond acceptors (Lipinski definition) is 4. The zero-order valence-corrected chi connectivity index (χ0v) is 12.9. The van der Waals surface area contributed by atoms with Gasteiger partial charge < -0.3 is 15.2 Å². The maximum atomic E-state index is 12.1. The molecule has 0 aliphatic rings. The van der Waals surface area contributed by atoms with E-state index in [1.165, 1.54) is 6.08 Å². The lowest BCUT2D eigenvalue weighted by Gasteiger charge is -2.20. The summed E-state index contributed by atoms with van der Waals surface area (Å²) in [5.41, 5.74) is 0. The van der Waals surface area contributed by atoms with Crippen LogP contribution in [0.15, 0.2) is 12.7 Å². The number of aliphatic carboxylic acids is 1. The molecule has 0 aliphatic heterocycles. The summed E-state index contributed by atoms with van der Waals surface area (Å²) < 4.78 is 4.80. The average Bonchev–Trinajstić information content (AvgIpc) is 2.41. The molecule has 120 valence electrons. The Kier molecular flexibility index (Phi) is 9.08. The number of carbonyl (C=O) groups is 3. The number of rotatable bonds is 10. The summed E-state index contributed by atoms with van der Waals surface area (Å²) in [6.45, 7) is 8.79. The van der Waals surface area contributed by atoms with E-state index in [-0.39, 0.29) is 24.7 Å². The zero-order chi connectivity index (χ0) is 16.4. The highest BCUT2D eigenvalue weighted by Crippen LogP contribution is 2.12. The second kappa shape index (κ2) is 9.96. The van der Waals surface area contributed by atoms with Crippen molar-refractivity contribution in [2.24, 2.45) is 11.8 Å². The molecule has 0 saturated heterocycles. The average molecular weight is 299 g/mol. The number of alkyl carbamates (subject to hydrolysis) is 1. The summed E-state index contributed by atoms with van der Waals surface area (Å²) >= 11 is 0. The fourth-order valence-corrected chi connectivity index (χ4v) is 1.78. The molecule has 6 heteroatoms. The minimum absolute atomic E-state index is 0.0642. The third-order valence-corrected chi connectivity index (χ3v) is 3.10. The predicted molar refractivity (Wildman–Crippen MR) is 79.0 cm³/mol. The molecule has 0 aromatic rings. The lowest BCUT2D eigenvalue weighted by Crippen LogP contribution is -2.44. The van der Waals surface area contributed by atoms with Crippen molar-refractivity contribution in [2.45, 2.75) is 46.1 Å². The van der Waals surface area contributed by atoms with Crippen LogP contribution >= 0.6 is 0 Å². The van der Waals surface area contributed by atoms with E-state index in [0.29, 0.717) is 12.8 Å². The van der Waals surface area contributed by atoms with Gasteiger partial charge in [0.25, 0.3) is 0 Å². The SMILES string of the molecule is C=CCOC(=O)N[C@H](C(=O)CCC[C@@H](C)C(=O)O)C(C)C. The minimum atomic E-state index is -0.867. The minimum Gasteiger partial charge on any atom is -0.481 e. The molecule has 0 spiro atoms. The quantitative estimate of drug-likeness (QED) is 0.604. The molecule has 2 N–H and O–H groups in total. The molecule has 0 aromatic heterocycles. The first-order chi connectivity index (χ1) is 9.79. The first-order valence-electron chi connectivity index (χ1n) is 7.09. The monoisotopic (exact) mass is 299 g/mol. The topological polar surface area (TPSA) is 92.7 Å². The van der Waals surface area contributed by atoms with Gasteiger partial charge in [0.05, 0.1) is 12.0 Å². The van der Waals surface area contributed by atoms with E-state index in [9.17, 15) is 14.4 Å². The Balaban J connectivity index is 4.33. The van der Waals surface area contributed by atoms with Crippen LogP contribution in [0.5, 0.6) is 0 Å². The Morgan fingerprint density at radius 3 is 2.38 bits per heavy atom. The molecule has 0 unspecified atom stereocenters. The number of carboxylic acids is 1. The van der Waals surface area contributed by atoms with Crippen molar-refractivity contribution in [1.82, 2.24) is 5.32 Å². The van der Waals surface area contributed by atoms with E-state index < -0.39 is 24.0 Å². The number of carbonyl (C=O) groups excluding carboxylic acids is 2.